The maximum absolute atomic E-state index is 14.0. The van der Waals surface area contributed by atoms with Crippen molar-refractivity contribution in [1.29, 1.82) is 0 Å². The number of amides is 2. The molecule has 1 aliphatic heterocycles. The number of aliphatic hydroxyl groups excluding tert-OH is 1. The lowest BCUT2D eigenvalue weighted by Crippen LogP contribution is -2.48. The van der Waals surface area contributed by atoms with Crippen LogP contribution in [0.3, 0.4) is 0 Å². The molecule has 0 unspecified atom stereocenters. The summed E-state index contributed by atoms with van der Waals surface area (Å²) in [6, 6.07) is 13.3. The van der Waals surface area contributed by atoms with E-state index in [-0.39, 0.29) is 35.5 Å². The molecule has 0 bridgehead atoms. The summed E-state index contributed by atoms with van der Waals surface area (Å²) in [5.41, 5.74) is 1.82. The summed E-state index contributed by atoms with van der Waals surface area (Å²) in [4.78, 5) is 26.1. The highest BCUT2D eigenvalue weighted by molar-refractivity contribution is 5.95. The first kappa shape index (κ1) is 19.6. The maximum Gasteiger partial charge on any atom is 0.253 e. The number of hydrogen-bond acceptors (Lipinski definition) is 3. The van der Waals surface area contributed by atoms with Crippen LogP contribution < -0.4 is 5.32 Å². The summed E-state index contributed by atoms with van der Waals surface area (Å²) in [7, 11) is 0. The van der Waals surface area contributed by atoms with Gasteiger partial charge in [0.15, 0.2) is 0 Å². The van der Waals surface area contributed by atoms with Gasteiger partial charge in [-0.05, 0) is 48.4 Å². The Labute approximate surface area is 169 Å². The second kappa shape index (κ2) is 7.95. The Hall–Kier alpha value is -2.73. The van der Waals surface area contributed by atoms with E-state index in [0.29, 0.717) is 37.1 Å². The molecule has 2 aliphatic rings. The van der Waals surface area contributed by atoms with Crippen molar-refractivity contribution in [2.75, 3.05) is 13.1 Å². The standard InChI is InChI=1S/C23H25FN2O3/c1-14(27)25-21-10-17-12-26(13-18(17)11-22(21)28)23(29)16-8-6-15(7-9-16)19-4-2-3-5-20(19)24/h2-9,17-18,21-22,28H,10-13H2,1H3,(H,25,27)/t17-,18+,21-,22-/m1/s1. The summed E-state index contributed by atoms with van der Waals surface area (Å²) in [6.07, 6.45) is 0.697. The number of likely N-dealkylation sites (tertiary alicyclic amines) is 1. The number of rotatable bonds is 3. The van der Waals surface area contributed by atoms with Crippen LogP contribution in [-0.2, 0) is 4.79 Å². The normalized spacial score (nSPS) is 26.1. The molecule has 0 radical (unpaired) electrons. The number of halogens is 1. The van der Waals surface area contributed by atoms with E-state index in [1.165, 1.54) is 13.0 Å². The van der Waals surface area contributed by atoms with E-state index in [9.17, 15) is 19.1 Å². The quantitative estimate of drug-likeness (QED) is 0.838. The number of fused-ring (bicyclic) bond motifs is 1. The molecular formula is C23H25FN2O3. The highest BCUT2D eigenvalue weighted by Crippen LogP contribution is 2.37. The zero-order valence-electron chi connectivity index (χ0n) is 16.3. The van der Waals surface area contributed by atoms with Crippen LogP contribution in [0.1, 0.15) is 30.1 Å². The van der Waals surface area contributed by atoms with Crippen molar-refractivity contribution in [2.45, 2.75) is 31.9 Å². The molecule has 1 heterocycles. The number of carbonyl (C=O) groups excluding carboxylic acids is 2. The van der Waals surface area contributed by atoms with Gasteiger partial charge in [-0.3, -0.25) is 9.59 Å². The fraction of sp³-hybridized carbons (Fsp3) is 0.391. The molecule has 29 heavy (non-hydrogen) atoms. The van der Waals surface area contributed by atoms with Crippen molar-refractivity contribution in [1.82, 2.24) is 10.2 Å². The fourth-order valence-corrected chi connectivity index (χ4v) is 4.68. The number of benzene rings is 2. The number of nitrogens with zero attached hydrogens (tertiary/aromatic N) is 1. The minimum Gasteiger partial charge on any atom is -0.391 e. The third-order valence-electron chi connectivity index (χ3n) is 6.13. The number of carbonyl (C=O) groups is 2. The average molecular weight is 396 g/mol. The molecule has 0 aromatic heterocycles. The highest BCUT2D eigenvalue weighted by Gasteiger charge is 2.43. The molecule has 2 N–H and O–H groups in total. The lowest BCUT2D eigenvalue weighted by Gasteiger charge is -2.35. The molecule has 2 amide bonds. The van der Waals surface area contributed by atoms with E-state index in [0.717, 1.165) is 5.56 Å². The third-order valence-corrected chi connectivity index (χ3v) is 6.13. The van der Waals surface area contributed by atoms with Crippen LogP contribution in [0.5, 0.6) is 0 Å². The van der Waals surface area contributed by atoms with Gasteiger partial charge >= 0.3 is 0 Å². The number of nitrogens with one attached hydrogen (secondary N) is 1. The Morgan fingerprint density at radius 2 is 1.69 bits per heavy atom. The second-order valence-electron chi connectivity index (χ2n) is 8.13. The van der Waals surface area contributed by atoms with Crippen molar-refractivity contribution >= 4 is 11.8 Å². The van der Waals surface area contributed by atoms with E-state index in [1.807, 2.05) is 4.90 Å². The van der Waals surface area contributed by atoms with E-state index in [4.69, 9.17) is 0 Å². The first-order valence-electron chi connectivity index (χ1n) is 10.0. The summed E-state index contributed by atoms with van der Waals surface area (Å²) in [5, 5.41) is 13.1. The Kier molecular flexibility index (Phi) is 5.37. The monoisotopic (exact) mass is 396 g/mol. The van der Waals surface area contributed by atoms with Gasteiger partial charge in [0.2, 0.25) is 5.91 Å². The zero-order chi connectivity index (χ0) is 20.5. The Morgan fingerprint density at radius 3 is 2.34 bits per heavy atom. The van der Waals surface area contributed by atoms with Crippen LogP contribution in [0.4, 0.5) is 4.39 Å². The van der Waals surface area contributed by atoms with Gasteiger partial charge in [-0.1, -0.05) is 30.3 Å². The largest absolute Gasteiger partial charge is 0.391 e. The first-order valence-corrected chi connectivity index (χ1v) is 10.0. The number of aliphatic hydroxyl groups is 1. The van der Waals surface area contributed by atoms with Crippen LogP contribution in [-0.4, -0.2) is 47.1 Å². The van der Waals surface area contributed by atoms with Gasteiger partial charge in [0, 0.05) is 31.1 Å². The SMILES string of the molecule is CC(=O)N[C@@H]1C[C@@H]2CN(C(=O)c3ccc(-c4ccccc4F)cc3)C[C@@H]2C[C@H]1O. The topological polar surface area (TPSA) is 69.6 Å². The summed E-state index contributed by atoms with van der Waals surface area (Å²) < 4.78 is 14.0. The van der Waals surface area contributed by atoms with Gasteiger partial charge in [0.05, 0.1) is 12.1 Å². The smallest absolute Gasteiger partial charge is 0.253 e. The van der Waals surface area contributed by atoms with Gasteiger partial charge in [-0.25, -0.2) is 4.39 Å². The summed E-state index contributed by atoms with van der Waals surface area (Å²) in [5.74, 6) is 0.0365. The van der Waals surface area contributed by atoms with E-state index in [2.05, 4.69) is 5.32 Å². The van der Waals surface area contributed by atoms with E-state index < -0.39 is 6.10 Å². The summed E-state index contributed by atoms with van der Waals surface area (Å²) >= 11 is 0. The molecular weight excluding hydrogens is 371 g/mol. The fourth-order valence-electron chi connectivity index (χ4n) is 4.68. The van der Waals surface area contributed by atoms with Gasteiger partial charge in [0.25, 0.3) is 5.91 Å². The van der Waals surface area contributed by atoms with Gasteiger partial charge < -0.3 is 15.3 Å². The van der Waals surface area contributed by atoms with Crippen molar-refractivity contribution in [3.63, 3.8) is 0 Å². The van der Waals surface area contributed by atoms with Crippen molar-refractivity contribution in [2.24, 2.45) is 11.8 Å². The summed E-state index contributed by atoms with van der Waals surface area (Å²) in [6.45, 7) is 2.69. The first-order chi connectivity index (χ1) is 13.9. The van der Waals surface area contributed by atoms with Crippen LogP contribution in [0.25, 0.3) is 11.1 Å². The molecule has 4 rings (SSSR count). The molecule has 0 spiro atoms. The van der Waals surface area contributed by atoms with Gasteiger partial charge in [0.1, 0.15) is 5.82 Å². The molecule has 5 nitrogen and oxygen atoms in total. The maximum atomic E-state index is 14.0. The Bertz CT molecular complexity index is 915. The Balaban J connectivity index is 1.44. The predicted molar refractivity (Wildman–Crippen MR) is 108 cm³/mol. The minimum atomic E-state index is -0.574. The third kappa shape index (κ3) is 4.03. The van der Waals surface area contributed by atoms with Crippen LogP contribution >= 0.6 is 0 Å². The molecule has 1 saturated carbocycles. The Morgan fingerprint density at radius 1 is 1.03 bits per heavy atom. The molecule has 2 fully saturated rings. The van der Waals surface area contributed by atoms with Crippen molar-refractivity contribution in [3.05, 3.63) is 59.9 Å². The zero-order valence-corrected chi connectivity index (χ0v) is 16.3. The molecule has 1 saturated heterocycles. The molecule has 2 aromatic rings. The molecule has 6 heteroatoms. The highest BCUT2D eigenvalue weighted by atomic mass is 19.1. The lowest BCUT2D eigenvalue weighted by molar-refractivity contribution is -0.121. The van der Waals surface area contributed by atoms with Crippen molar-refractivity contribution in [3.8, 4) is 11.1 Å². The van der Waals surface area contributed by atoms with Crippen LogP contribution in [0.15, 0.2) is 48.5 Å². The predicted octanol–water partition coefficient (Wildman–Crippen LogP) is 2.84. The minimum absolute atomic E-state index is 0.0509. The van der Waals surface area contributed by atoms with Crippen LogP contribution in [0.2, 0.25) is 0 Å². The molecule has 2 aromatic carbocycles. The molecule has 4 atom stereocenters. The van der Waals surface area contributed by atoms with Crippen LogP contribution in [0, 0.1) is 17.7 Å². The molecule has 152 valence electrons. The van der Waals surface area contributed by atoms with Gasteiger partial charge in [-0.2, -0.15) is 0 Å². The lowest BCUT2D eigenvalue weighted by atomic mass is 9.77. The van der Waals surface area contributed by atoms with E-state index in [1.54, 1.807) is 42.5 Å². The number of hydrogen-bond donors (Lipinski definition) is 2. The van der Waals surface area contributed by atoms with E-state index >= 15 is 0 Å². The second-order valence-corrected chi connectivity index (χ2v) is 8.13. The molecule has 1 aliphatic carbocycles. The average Bonchev–Trinajstić information content (AvgIpc) is 3.10. The van der Waals surface area contributed by atoms with Gasteiger partial charge in [-0.15, -0.1) is 0 Å². The van der Waals surface area contributed by atoms with Crippen molar-refractivity contribution < 1.29 is 19.1 Å².